The van der Waals surface area contributed by atoms with Crippen molar-refractivity contribution in [2.24, 2.45) is 5.73 Å². The lowest BCUT2D eigenvalue weighted by atomic mass is 10.0. The minimum Gasteiger partial charge on any atom is -0.444 e. The summed E-state index contributed by atoms with van der Waals surface area (Å²) in [6.45, 7) is 24.4. The fourth-order valence-corrected chi connectivity index (χ4v) is 7.76. The summed E-state index contributed by atoms with van der Waals surface area (Å²) in [4.78, 5) is 64.3. The van der Waals surface area contributed by atoms with E-state index < -0.39 is 22.9 Å². The zero-order valence-corrected chi connectivity index (χ0v) is 41.8. The van der Waals surface area contributed by atoms with Crippen LogP contribution in [-0.4, -0.2) is 206 Å². The average Bonchev–Trinajstić information content (AvgIpc) is 4.02. The molecule has 6 N–H and O–H groups in total. The van der Waals surface area contributed by atoms with E-state index in [0.717, 1.165) is 45.6 Å². The van der Waals surface area contributed by atoms with Crippen molar-refractivity contribution in [3.63, 3.8) is 0 Å². The Bertz CT molecular complexity index is 1600. The van der Waals surface area contributed by atoms with E-state index in [-0.39, 0.29) is 92.7 Å². The first-order valence-electron chi connectivity index (χ1n) is 23.3. The molecule has 380 valence electrons. The zero-order chi connectivity index (χ0) is 48.1. The molecule has 0 aromatic heterocycles. The van der Waals surface area contributed by atoms with E-state index in [9.17, 15) is 29.1 Å². The Morgan fingerprint density at radius 2 is 1.24 bits per heavy atom. The van der Waals surface area contributed by atoms with Crippen molar-refractivity contribution < 1.29 is 57.5 Å². The Hall–Kier alpha value is -3.50. The molecule has 7 fully saturated rings. The molecule has 0 aliphatic carbocycles. The number of likely N-dealkylation sites (N-methyl/N-ethyl adjacent to an activating group) is 1. The molecular weight excluding hydrogens is 880 g/mol. The van der Waals surface area contributed by atoms with Crippen LogP contribution in [0.3, 0.4) is 0 Å². The van der Waals surface area contributed by atoms with Crippen LogP contribution >= 0.6 is 12.4 Å². The number of nitrogens with zero attached hydrogens (tertiary/aromatic N) is 4. The molecular formula is C45H81ClN8O12. The van der Waals surface area contributed by atoms with Gasteiger partial charge in [0, 0.05) is 45.8 Å². The number of amides is 5. The van der Waals surface area contributed by atoms with Gasteiger partial charge in [-0.3, -0.25) is 9.59 Å². The summed E-state index contributed by atoms with van der Waals surface area (Å²) in [7, 11) is 1.87. The number of hydrogen-bond acceptors (Lipinski definition) is 15. The Labute approximate surface area is 398 Å². The van der Waals surface area contributed by atoms with Gasteiger partial charge in [-0.15, -0.1) is 12.4 Å². The summed E-state index contributed by atoms with van der Waals surface area (Å²) in [5.74, 6) is 0.0279. The van der Waals surface area contributed by atoms with E-state index in [0.29, 0.717) is 51.2 Å². The molecule has 20 nitrogen and oxygen atoms in total. The summed E-state index contributed by atoms with van der Waals surface area (Å²) in [5.41, 5.74) is 4.25. The number of hydrogen-bond donors (Lipinski definition) is 5. The van der Waals surface area contributed by atoms with Crippen molar-refractivity contribution in [3.8, 4) is 0 Å². The molecule has 0 radical (unpaired) electrons. The van der Waals surface area contributed by atoms with Crippen molar-refractivity contribution in [2.75, 3.05) is 85.7 Å². The van der Waals surface area contributed by atoms with Crippen LogP contribution in [0.4, 0.5) is 14.4 Å². The first-order chi connectivity index (χ1) is 30.4. The second-order valence-corrected chi connectivity index (χ2v) is 20.5. The Morgan fingerprint density at radius 1 is 0.697 bits per heavy atom. The van der Waals surface area contributed by atoms with E-state index in [1.165, 1.54) is 11.3 Å². The van der Waals surface area contributed by atoms with Crippen LogP contribution in [0.1, 0.15) is 94.4 Å². The van der Waals surface area contributed by atoms with E-state index in [1.807, 2.05) is 74.3 Å². The number of β-amino-alcohol motifs (C(OH)–C–C–N with tert-alkyl or cyclic N) is 1. The molecule has 8 atom stereocenters. The fraction of sp³-hybridized carbons (Fsp3) is 0.844. The summed E-state index contributed by atoms with van der Waals surface area (Å²) in [6.07, 6.45) is 8.05. The Morgan fingerprint density at radius 3 is 1.74 bits per heavy atom. The topological polar surface area (TPSA) is 239 Å². The zero-order valence-electron chi connectivity index (χ0n) is 41.0. The van der Waals surface area contributed by atoms with Crippen LogP contribution in [0, 0.1) is 0 Å². The molecule has 8 heterocycles. The number of aliphatic hydroxyl groups excluding tert-OH is 1. The quantitative estimate of drug-likeness (QED) is 0.133. The highest BCUT2D eigenvalue weighted by atomic mass is 35.5. The second-order valence-electron chi connectivity index (χ2n) is 20.5. The molecule has 8 rings (SSSR count). The molecule has 8 aliphatic rings. The largest absolute Gasteiger partial charge is 0.444 e. The number of halogens is 1. The monoisotopic (exact) mass is 961 g/mol. The first kappa shape index (κ1) is 56.8. The molecule has 66 heavy (non-hydrogen) atoms. The lowest BCUT2D eigenvalue weighted by Gasteiger charge is -2.41. The van der Waals surface area contributed by atoms with Gasteiger partial charge in [-0.05, 0) is 108 Å². The van der Waals surface area contributed by atoms with Crippen LogP contribution in [0.5, 0.6) is 0 Å². The van der Waals surface area contributed by atoms with Crippen molar-refractivity contribution in [3.05, 3.63) is 12.2 Å². The second kappa shape index (κ2) is 25.7. The molecule has 8 aliphatic heterocycles. The molecule has 2 unspecified atom stereocenters. The van der Waals surface area contributed by atoms with Gasteiger partial charge in [0.2, 0.25) is 11.8 Å². The molecule has 7 saturated heterocycles. The van der Waals surface area contributed by atoms with Crippen LogP contribution in [0.15, 0.2) is 12.2 Å². The number of epoxide rings is 1. The fourth-order valence-electron chi connectivity index (χ4n) is 7.76. The number of morpholine rings is 2. The maximum Gasteiger partial charge on any atom is 0.410 e. The Balaban J connectivity index is 0.000000224. The standard InChI is InChI=1S/C12H20N2O4.C10H20N2O3.C10H17NO3.C8H14N2O2.C5H9N.ClH/c1-12(2,3)18-11(16)14-5-4-8-9(6-14)17-7-10(15)13-8;1-10(2,3)15-9(14)12-5-4-7(11)8(13)6-12;1-10(2,3)14-9(12)11-5-4-7-8(6-11)13-7;1-10-6-2-3-9-4-7(6)12-5-8(10)11;1-2-4-6-5-3-1;/h8-9H,4-7H2,1-3H3,(H,13,15);7-8,13H,4-6,11H2,1-3H3;7-8H,4-6H2,1-3H3;6-7,9H,2-5H2,1H3;1-2,6H,3-5H2;1H/t8-,9-;7-,8-;;6-,7-;;/m11.1../s1. The SMILES string of the molecule is C1=CCNCC1.CC(C)(C)OC(=O)N1CCC2OC2C1.CC(C)(C)OC(=O)N1CC[C@@H](N)[C@H](O)C1.CC(C)(C)OC(=O)N1CC[C@H]2NC(=O)CO[C@@H]2C1.CN1C(=O)CO[C@@H]2CNCC[C@H]21.Cl. The van der Waals surface area contributed by atoms with Gasteiger partial charge in [-0.1, -0.05) is 12.2 Å². The van der Waals surface area contributed by atoms with E-state index in [4.69, 9.17) is 34.2 Å². The number of aliphatic hydroxyl groups is 1. The number of likely N-dealkylation sites (tertiary alicyclic amines) is 3. The van der Waals surface area contributed by atoms with Gasteiger partial charge in [0.25, 0.3) is 0 Å². The molecule has 21 heteroatoms. The highest BCUT2D eigenvalue weighted by Gasteiger charge is 2.45. The van der Waals surface area contributed by atoms with Crippen molar-refractivity contribution in [2.45, 2.75) is 160 Å². The maximum absolute atomic E-state index is 11.9. The van der Waals surface area contributed by atoms with Gasteiger partial charge in [0.05, 0.1) is 56.1 Å². The number of nitrogens with two attached hydrogens (primary N) is 1. The predicted molar refractivity (Wildman–Crippen MR) is 249 cm³/mol. The van der Waals surface area contributed by atoms with Gasteiger partial charge in [-0.2, -0.15) is 0 Å². The highest BCUT2D eigenvalue weighted by molar-refractivity contribution is 5.85. The van der Waals surface area contributed by atoms with Crippen molar-refractivity contribution in [1.82, 2.24) is 35.6 Å². The molecule has 0 aromatic carbocycles. The third kappa shape index (κ3) is 20.0. The minimum absolute atomic E-state index is 0. The van der Waals surface area contributed by atoms with Crippen LogP contribution in [-0.2, 0) is 38.0 Å². The summed E-state index contributed by atoms with van der Waals surface area (Å²) >= 11 is 0. The van der Waals surface area contributed by atoms with Crippen LogP contribution in [0.25, 0.3) is 0 Å². The van der Waals surface area contributed by atoms with Crippen LogP contribution < -0.4 is 21.7 Å². The van der Waals surface area contributed by atoms with Crippen molar-refractivity contribution >= 4 is 42.5 Å². The predicted octanol–water partition coefficient (Wildman–Crippen LogP) is 2.38. The highest BCUT2D eigenvalue weighted by Crippen LogP contribution is 2.31. The van der Waals surface area contributed by atoms with E-state index >= 15 is 0 Å². The van der Waals surface area contributed by atoms with Gasteiger partial charge >= 0.3 is 18.3 Å². The van der Waals surface area contributed by atoms with Crippen LogP contribution in [0.2, 0.25) is 0 Å². The lowest BCUT2D eigenvalue weighted by molar-refractivity contribution is -0.156. The number of fused-ring (bicyclic) bond motifs is 3. The van der Waals surface area contributed by atoms with Crippen molar-refractivity contribution in [1.29, 1.82) is 0 Å². The number of carbonyl (C=O) groups excluding carboxylic acids is 5. The third-order valence-electron chi connectivity index (χ3n) is 11.3. The lowest BCUT2D eigenvalue weighted by Crippen LogP contribution is -2.60. The van der Waals surface area contributed by atoms with Gasteiger partial charge in [0.1, 0.15) is 36.1 Å². The molecule has 0 saturated carbocycles. The van der Waals surface area contributed by atoms with Gasteiger partial charge in [0.15, 0.2) is 0 Å². The summed E-state index contributed by atoms with van der Waals surface area (Å²) in [6, 6.07) is 0.0844. The summed E-state index contributed by atoms with van der Waals surface area (Å²) < 4.78 is 32.0. The molecule has 0 bridgehead atoms. The van der Waals surface area contributed by atoms with E-state index in [1.54, 1.807) is 9.80 Å². The molecule has 0 aromatic rings. The third-order valence-corrected chi connectivity index (χ3v) is 11.3. The normalized spacial score (nSPS) is 29.2. The maximum atomic E-state index is 11.9. The molecule has 0 spiro atoms. The first-order valence-corrected chi connectivity index (χ1v) is 23.3. The average molecular weight is 962 g/mol. The Kier molecular flexibility index (Phi) is 22.2. The van der Waals surface area contributed by atoms with Gasteiger partial charge in [-0.25, -0.2) is 14.4 Å². The number of ether oxygens (including phenoxy) is 6. The minimum atomic E-state index is -0.647. The number of rotatable bonds is 0. The van der Waals surface area contributed by atoms with Gasteiger partial charge < -0.3 is 74.8 Å². The number of carbonyl (C=O) groups is 5. The molecule has 5 amide bonds. The smallest absolute Gasteiger partial charge is 0.410 e. The number of piperidine rings is 4. The van der Waals surface area contributed by atoms with E-state index in [2.05, 4.69) is 28.1 Å². The number of nitrogens with one attached hydrogen (secondary N) is 3. The summed E-state index contributed by atoms with van der Waals surface area (Å²) in [5, 5.41) is 18.9.